The van der Waals surface area contributed by atoms with Gasteiger partial charge in [0.2, 0.25) is 0 Å². The summed E-state index contributed by atoms with van der Waals surface area (Å²) >= 11 is 0. The molecular formula is C13H23NSi2. The lowest BCUT2D eigenvalue weighted by molar-refractivity contribution is 0.612. The van der Waals surface area contributed by atoms with Crippen LogP contribution in [0, 0.1) is 0 Å². The third kappa shape index (κ3) is 2.03. The van der Waals surface area contributed by atoms with Crippen LogP contribution in [-0.2, 0) is 0 Å². The highest BCUT2D eigenvalue weighted by Gasteiger charge is 2.47. The molecule has 2 aliphatic rings. The van der Waals surface area contributed by atoms with E-state index in [0.717, 1.165) is 5.54 Å². The summed E-state index contributed by atoms with van der Waals surface area (Å²) in [4.78, 5) is 5.01. The highest BCUT2D eigenvalue weighted by Crippen LogP contribution is 2.44. The number of rotatable bonds is 2. The number of nitrogens with zero attached hydrogens (tertiary/aromatic N) is 1. The van der Waals surface area contributed by atoms with Crippen molar-refractivity contribution in [1.29, 1.82) is 0 Å². The maximum absolute atomic E-state index is 5.01. The quantitative estimate of drug-likeness (QED) is 0.667. The standard InChI is InChI=1S/C13H23NSi2/c1-16(2,3)13(12-8-7-11-15-12)9-5-4-6-10-14-13/h4-6,9-10,12H,7-8,11,15H2,1-3H3. The van der Waals surface area contributed by atoms with Crippen molar-refractivity contribution in [2.75, 3.05) is 0 Å². The zero-order valence-electron chi connectivity index (χ0n) is 10.7. The second kappa shape index (κ2) is 4.45. The highest BCUT2D eigenvalue weighted by molar-refractivity contribution is 6.81. The van der Waals surface area contributed by atoms with E-state index in [1.807, 2.05) is 6.21 Å². The van der Waals surface area contributed by atoms with Crippen LogP contribution in [-0.4, -0.2) is 29.0 Å². The molecule has 0 saturated carbocycles. The lowest BCUT2D eigenvalue weighted by Crippen LogP contribution is -2.53. The summed E-state index contributed by atoms with van der Waals surface area (Å²) in [7, 11) is -1.19. The van der Waals surface area contributed by atoms with Gasteiger partial charge in [-0.3, -0.25) is 4.99 Å². The van der Waals surface area contributed by atoms with Crippen LogP contribution in [0.1, 0.15) is 12.8 Å². The average molecular weight is 250 g/mol. The maximum atomic E-state index is 5.01. The third-order valence-corrected chi connectivity index (χ3v) is 10.3. The predicted octanol–water partition coefficient (Wildman–Crippen LogP) is 2.97. The fourth-order valence-electron chi connectivity index (χ4n) is 3.19. The Labute approximate surface area is 103 Å². The van der Waals surface area contributed by atoms with Gasteiger partial charge in [-0.1, -0.05) is 56.8 Å². The van der Waals surface area contributed by atoms with Gasteiger partial charge < -0.3 is 0 Å². The molecule has 2 unspecified atom stereocenters. The maximum Gasteiger partial charge on any atom is 0.0819 e. The highest BCUT2D eigenvalue weighted by atomic mass is 28.3. The summed E-state index contributed by atoms with van der Waals surface area (Å²) in [6, 6.07) is 1.54. The van der Waals surface area contributed by atoms with Crippen molar-refractivity contribution in [3.8, 4) is 0 Å². The van der Waals surface area contributed by atoms with E-state index in [-0.39, 0.29) is 14.7 Å². The van der Waals surface area contributed by atoms with Crippen LogP contribution in [0.25, 0.3) is 0 Å². The van der Waals surface area contributed by atoms with Gasteiger partial charge in [0, 0.05) is 15.7 Å². The Morgan fingerprint density at radius 2 is 2.06 bits per heavy atom. The van der Waals surface area contributed by atoms with E-state index in [4.69, 9.17) is 4.99 Å². The van der Waals surface area contributed by atoms with E-state index in [9.17, 15) is 0 Å². The van der Waals surface area contributed by atoms with Gasteiger partial charge in [0.05, 0.1) is 13.2 Å². The summed E-state index contributed by atoms with van der Waals surface area (Å²) in [5.74, 6) is 0. The Hall–Kier alpha value is -0.416. The first-order valence-electron chi connectivity index (χ1n) is 6.46. The number of aliphatic imine (C=N–C) groups is 1. The molecule has 0 N–H and O–H groups in total. The molecule has 3 heteroatoms. The second-order valence-electron chi connectivity index (χ2n) is 6.08. The Bertz CT molecular complexity index is 314. The largest absolute Gasteiger partial charge is 0.286 e. The predicted molar refractivity (Wildman–Crippen MR) is 79.2 cm³/mol. The van der Waals surface area contributed by atoms with Gasteiger partial charge in [-0.05, 0) is 11.6 Å². The normalized spacial score (nSPS) is 35.8. The molecule has 1 saturated heterocycles. The van der Waals surface area contributed by atoms with Gasteiger partial charge in [-0.15, -0.1) is 0 Å². The summed E-state index contributed by atoms with van der Waals surface area (Å²) in [5, 5.41) is 0.208. The van der Waals surface area contributed by atoms with Crippen molar-refractivity contribution < 1.29 is 0 Å². The Kier molecular flexibility index (Phi) is 3.35. The Balaban J connectivity index is 2.39. The first-order chi connectivity index (χ1) is 7.56. The zero-order chi connectivity index (χ0) is 11.6. The van der Waals surface area contributed by atoms with E-state index in [1.54, 1.807) is 0 Å². The molecule has 2 aliphatic heterocycles. The van der Waals surface area contributed by atoms with E-state index < -0.39 is 8.07 Å². The van der Waals surface area contributed by atoms with Crippen molar-refractivity contribution in [3.63, 3.8) is 0 Å². The minimum Gasteiger partial charge on any atom is -0.286 e. The smallest absolute Gasteiger partial charge is 0.0819 e. The van der Waals surface area contributed by atoms with Crippen LogP contribution >= 0.6 is 0 Å². The van der Waals surface area contributed by atoms with E-state index in [2.05, 4.69) is 43.9 Å². The number of hydrogen-bond donors (Lipinski definition) is 0. The molecule has 0 aromatic rings. The Morgan fingerprint density at radius 1 is 1.25 bits per heavy atom. The topological polar surface area (TPSA) is 12.4 Å². The van der Waals surface area contributed by atoms with E-state index >= 15 is 0 Å². The minimum absolute atomic E-state index is 0.102. The fraction of sp³-hybridized carbons (Fsp3) is 0.615. The van der Waals surface area contributed by atoms with Crippen molar-refractivity contribution in [2.24, 2.45) is 4.99 Å². The van der Waals surface area contributed by atoms with Crippen LogP contribution in [0.2, 0.25) is 31.2 Å². The van der Waals surface area contributed by atoms with Gasteiger partial charge in [-0.2, -0.15) is 0 Å². The molecule has 0 spiro atoms. The van der Waals surface area contributed by atoms with Gasteiger partial charge >= 0.3 is 0 Å². The second-order valence-corrected chi connectivity index (χ2v) is 13.6. The summed E-state index contributed by atoms with van der Waals surface area (Å²) < 4.78 is 0. The summed E-state index contributed by atoms with van der Waals surface area (Å²) in [5.41, 5.74) is 0.923. The van der Waals surface area contributed by atoms with Gasteiger partial charge in [0.15, 0.2) is 0 Å². The lowest BCUT2D eigenvalue weighted by Gasteiger charge is -2.42. The molecule has 0 aromatic heterocycles. The zero-order valence-corrected chi connectivity index (χ0v) is 13.2. The van der Waals surface area contributed by atoms with Crippen LogP contribution in [0.15, 0.2) is 29.3 Å². The fourth-order valence-corrected chi connectivity index (χ4v) is 10.2. The third-order valence-electron chi connectivity index (χ3n) is 4.13. The number of hydrogen-bond acceptors (Lipinski definition) is 1. The first kappa shape index (κ1) is 12.1. The number of allylic oxidation sites excluding steroid dienone is 3. The van der Waals surface area contributed by atoms with Crippen LogP contribution in [0.3, 0.4) is 0 Å². The SMILES string of the molecule is C[Si](C)(C)C1(C2CCC[SiH2]2)C=CC=CC=N1. The van der Waals surface area contributed by atoms with Crippen molar-refractivity contribution in [2.45, 2.75) is 49.2 Å². The van der Waals surface area contributed by atoms with Crippen LogP contribution in [0.5, 0.6) is 0 Å². The first-order valence-corrected chi connectivity index (χ1v) is 11.8. The molecule has 88 valence electrons. The van der Waals surface area contributed by atoms with E-state index in [0.29, 0.717) is 0 Å². The van der Waals surface area contributed by atoms with Crippen molar-refractivity contribution >= 4 is 23.8 Å². The van der Waals surface area contributed by atoms with E-state index in [1.165, 1.54) is 18.9 Å². The molecule has 2 rings (SSSR count). The van der Waals surface area contributed by atoms with Crippen LogP contribution < -0.4 is 0 Å². The lowest BCUT2D eigenvalue weighted by atomic mass is 10.1. The molecule has 2 heterocycles. The molecule has 0 aromatic carbocycles. The van der Waals surface area contributed by atoms with Gasteiger partial charge in [0.1, 0.15) is 0 Å². The summed E-state index contributed by atoms with van der Waals surface area (Å²) in [6.45, 7) is 7.44. The molecule has 16 heavy (non-hydrogen) atoms. The molecule has 0 radical (unpaired) electrons. The average Bonchev–Trinajstić information content (AvgIpc) is 2.61. The molecule has 1 fully saturated rings. The molecule has 0 bridgehead atoms. The Morgan fingerprint density at radius 3 is 2.69 bits per heavy atom. The molecule has 2 atom stereocenters. The van der Waals surface area contributed by atoms with Gasteiger partial charge in [0.25, 0.3) is 0 Å². The molecule has 0 aliphatic carbocycles. The van der Waals surface area contributed by atoms with Crippen molar-refractivity contribution in [3.05, 3.63) is 24.3 Å². The molecule has 1 nitrogen and oxygen atoms in total. The van der Waals surface area contributed by atoms with Crippen LogP contribution in [0.4, 0.5) is 0 Å². The van der Waals surface area contributed by atoms with Crippen molar-refractivity contribution in [1.82, 2.24) is 0 Å². The molecule has 0 amide bonds. The summed E-state index contributed by atoms with van der Waals surface area (Å²) in [6.07, 6.45) is 13.8. The minimum atomic E-state index is -1.29. The molecular weight excluding hydrogens is 226 g/mol. The van der Waals surface area contributed by atoms with Gasteiger partial charge in [-0.25, -0.2) is 0 Å². The monoisotopic (exact) mass is 249 g/mol.